The molecule has 3 aromatic heterocycles. The molecular weight excluding hydrogens is 334 g/mol. The largest absolute Gasteiger partial charge is 0.455 e. The van der Waals surface area contributed by atoms with Crippen molar-refractivity contribution >= 4 is 33.1 Å². The number of para-hydroxylation sites is 2. The standard InChI is InChI=1S/C23H21N3O/c1-13(2)15-7-5-8-16-17-9-6-10-18(21(17)27-20(15)16)23-25-22-19(26(23)4)12-11-14(3)24-22/h5-13H,1-4H3. The van der Waals surface area contributed by atoms with Gasteiger partial charge in [-0.2, -0.15) is 0 Å². The molecule has 27 heavy (non-hydrogen) atoms. The molecule has 0 spiro atoms. The number of benzene rings is 2. The number of nitrogens with zero attached hydrogens (tertiary/aromatic N) is 3. The van der Waals surface area contributed by atoms with Crippen molar-refractivity contribution in [3.05, 3.63) is 59.8 Å². The maximum atomic E-state index is 6.43. The van der Waals surface area contributed by atoms with Crippen LogP contribution in [-0.4, -0.2) is 14.5 Å². The van der Waals surface area contributed by atoms with Crippen molar-refractivity contribution in [3.8, 4) is 11.4 Å². The van der Waals surface area contributed by atoms with E-state index < -0.39 is 0 Å². The number of hydrogen-bond donors (Lipinski definition) is 0. The van der Waals surface area contributed by atoms with Crippen molar-refractivity contribution in [1.29, 1.82) is 0 Å². The summed E-state index contributed by atoms with van der Waals surface area (Å²) < 4.78 is 8.52. The molecular formula is C23H21N3O. The molecule has 0 saturated heterocycles. The zero-order chi connectivity index (χ0) is 18.7. The molecule has 5 aromatic rings. The van der Waals surface area contributed by atoms with Crippen LogP contribution in [0.3, 0.4) is 0 Å². The van der Waals surface area contributed by atoms with Crippen LogP contribution in [0.2, 0.25) is 0 Å². The normalized spacial score (nSPS) is 12.0. The highest BCUT2D eigenvalue weighted by molar-refractivity contribution is 6.10. The molecule has 0 saturated carbocycles. The highest BCUT2D eigenvalue weighted by atomic mass is 16.3. The lowest BCUT2D eigenvalue weighted by atomic mass is 10.00. The number of aromatic nitrogens is 3. The Morgan fingerprint density at radius 3 is 2.41 bits per heavy atom. The van der Waals surface area contributed by atoms with E-state index in [0.717, 1.165) is 50.2 Å². The quantitative estimate of drug-likeness (QED) is 0.392. The minimum Gasteiger partial charge on any atom is -0.455 e. The Balaban J connectivity index is 1.86. The van der Waals surface area contributed by atoms with Gasteiger partial charge in [-0.05, 0) is 36.6 Å². The van der Waals surface area contributed by atoms with E-state index in [2.05, 4.69) is 65.9 Å². The van der Waals surface area contributed by atoms with E-state index in [-0.39, 0.29) is 0 Å². The number of fused-ring (bicyclic) bond motifs is 4. The molecule has 0 aliphatic rings. The van der Waals surface area contributed by atoms with Crippen molar-refractivity contribution in [2.24, 2.45) is 7.05 Å². The molecule has 0 aliphatic carbocycles. The minimum absolute atomic E-state index is 0.403. The average Bonchev–Trinajstić information content (AvgIpc) is 3.19. The van der Waals surface area contributed by atoms with Crippen LogP contribution in [0.25, 0.3) is 44.5 Å². The van der Waals surface area contributed by atoms with E-state index >= 15 is 0 Å². The molecule has 4 heteroatoms. The molecule has 4 nitrogen and oxygen atoms in total. The summed E-state index contributed by atoms with van der Waals surface area (Å²) in [5, 5.41) is 2.28. The lowest BCUT2D eigenvalue weighted by molar-refractivity contribution is 0.657. The molecule has 2 aromatic carbocycles. The van der Waals surface area contributed by atoms with Crippen molar-refractivity contribution in [3.63, 3.8) is 0 Å². The van der Waals surface area contributed by atoms with Crippen LogP contribution >= 0.6 is 0 Å². The smallest absolute Gasteiger partial charge is 0.178 e. The zero-order valence-corrected chi connectivity index (χ0v) is 15.9. The predicted octanol–water partition coefficient (Wildman–Crippen LogP) is 5.97. The third-order valence-corrected chi connectivity index (χ3v) is 5.30. The van der Waals surface area contributed by atoms with Crippen molar-refractivity contribution < 1.29 is 4.42 Å². The van der Waals surface area contributed by atoms with E-state index in [1.165, 1.54) is 5.56 Å². The lowest BCUT2D eigenvalue weighted by Gasteiger charge is -2.04. The summed E-state index contributed by atoms with van der Waals surface area (Å²) in [6.07, 6.45) is 0. The number of hydrogen-bond acceptors (Lipinski definition) is 3. The van der Waals surface area contributed by atoms with E-state index in [1.54, 1.807) is 0 Å². The van der Waals surface area contributed by atoms with E-state index in [9.17, 15) is 0 Å². The topological polar surface area (TPSA) is 43.9 Å². The highest BCUT2D eigenvalue weighted by Crippen LogP contribution is 2.38. The van der Waals surface area contributed by atoms with Crippen LogP contribution in [-0.2, 0) is 7.05 Å². The third kappa shape index (κ3) is 2.29. The fraction of sp³-hybridized carbons (Fsp3) is 0.217. The zero-order valence-electron chi connectivity index (χ0n) is 15.9. The van der Waals surface area contributed by atoms with Gasteiger partial charge in [0.15, 0.2) is 5.65 Å². The molecule has 3 heterocycles. The van der Waals surface area contributed by atoms with Gasteiger partial charge in [0.1, 0.15) is 17.0 Å². The first kappa shape index (κ1) is 16.1. The Morgan fingerprint density at radius 1 is 0.889 bits per heavy atom. The summed E-state index contributed by atoms with van der Waals surface area (Å²) in [7, 11) is 2.03. The fourth-order valence-electron chi connectivity index (χ4n) is 3.88. The summed E-state index contributed by atoms with van der Waals surface area (Å²) in [5.41, 5.74) is 6.85. The molecule has 0 fully saturated rings. The molecule has 0 aliphatic heterocycles. The van der Waals surface area contributed by atoms with Gasteiger partial charge in [0.05, 0.1) is 11.1 Å². The Hall–Kier alpha value is -3.14. The second-order valence-electron chi connectivity index (χ2n) is 7.45. The molecule has 134 valence electrons. The van der Waals surface area contributed by atoms with Crippen LogP contribution in [0.15, 0.2) is 52.9 Å². The Morgan fingerprint density at radius 2 is 1.63 bits per heavy atom. The Bertz CT molecular complexity index is 1320. The Labute approximate surface area is 157 Å². The van der Waals surface area contributed by atoms with Crippen LogP contribution in [0, 0.1) is 6.92 Å². The van der Waals surface area contributed by atoms with E-state index in [4.69, 9.17) is 9.40 Å². The number of rotatable bonds is 2. The van der Waals surface area contributed by atoms with Crippen LogP contribution in [0.1, 0.15) is 31.0 Å². The van der Waals surface area contributed by atoms with Crippen LogP contribution in [0.4, 0.5) is 0 Å². The first-order chi connectivity index (χ1) is 13.0. The van der Waals surface area contributed by atoms with Gasteiger partial charge in [0.25, 0.3) is 0 Å². The summed E-state index contributed by atoms with van der Waals surface area (Å²) in [4.78, 5) is 9.39. The first-order valence-electron chi connectivity index (χ1n) is 9.29. The van der Waals surface area contributed by atoms with Gasteiger partial charge < -0.3 is 8.98 Å². The molecule has 0 unspecified atom stereocenters. The third-order valence-electron chi connectivity index (χ3n) is 5.30. The fourth-order valence-corrected chi connectivity index (χ4v) is 3.88. The minimum atomic E-state index is 0.403. The number of pyridine rings is 1. The maximum Gasteiger partial charge on any atom is 0.178 e. The SMILES string of the molecule is Cc1ccc2c(n1)nc(-c1cccc3c1oc1c(C(C)C)cccc13)n2C. The van der Waals surface area contributed by atoms with Crippen molar-refractivity contribution in [2.45, 2.75) is 26.7 Å². The highest BCUT2D eigenvalue weighted by Gasteiger charge is 2.19. The predicted molar refractivity (Wildman–Crippen MR) is 110 cm³/mol. The van der Waals surface area contributed by atoms with Gasteiger partial charge in [-0.15, -0.1) is 0 Å². The van der Waals surface area contributed by atoms with Gasteiger partial charge in [0.2, 0.25) is 0 Å². The second kappa shape index (κ2) is 5.68. The van der Waals surface area contributed by atoms with E-state index in [1.807, 2.05) is 20.0 Å². The number of aryl methyl sites for hydroxylation is 2. The molecule has 0 atom stereocenters. The summed E-state index contributed by atoms with van der Waals surface area (Å²) in [6.45, 7) is 6.38. The molecule has 0 bridgehead atoms. The Kier molecular flexibility index (Phi) is 3.38. The summed E-state index contributed by atoms with van der Waals surface area (Å²) in [6, 6.07) is 16.8. The number of furan rings is 1. The molecule has 0 amide bonds. The van der Waals surface area contributed by atoms with Gasteiger partial charge in [-0.1, -0.05) is 44.2 Å². The molecule has 0 N–H and O–H groups in total. The molecule has 5 rings (SSSR count). The number of imidazole rings is 1. The van der Waals surface area contributed by atoms with Gasteiger partial charge in [0, 0.05) is 23.5 Å². The van der Waals surface area contributed by atoms with Crippen molar-refractivity contribution in [2.75, 3.05) is 0 Å². The monoisotopic (exact) mass is 355 g/mol. The van der Waals surface area contributed by atoms with Crippen LogP contribution < -0.4 is 0 Å². The lowest BCUT2D eigenvalue weighted by Crippen LogP contribution is -1.92. The van der Waals surface area contributed by atoms with Gasteiger partial charge in [-0.3, -0.25) is 0 Å². The maximum absolute atomic E-state index is 6.43. The first-order valence-corrected chi connectivity index (χ1v) is 9.29. The van der Waals surface area contributed by atoms with Gasteiger partial charge in [-0.25, -0.2) is 9.97 Å². The van der Waals surface area contributed by atoms with Gasteiger partial charge >= 0.3 is 0 Å². The van der Waals surface area contributed by atoms with Crippen molar-refractivity contribution in [1.82, 2.24) is 14.5 Å². The summed E-state index contributed by atoms with van der Waals surface area (Å²) in [5.74, 6) is 1.28. The molecule has 0 radical (unpaired) electrons. The average molecular weight is 355 g/mol. The van der Waals surface area contributed by atoms with E-state index in [0.29, 0.717) is 5.92 Å². The summed E-state index contributed by atoms with van der Waals surface area (Å²) >= 11 is 0. The second-order valence-corrected chi connectivity index (χ2v) is 7.45. The van der Waals surface area contributed by atoms with Crippen LogP contribution in [0.5, 0.6) is 0 Å².